The molecule has 3 aromatic rings. The van der Waals surface area contributed by atoms with Gasteiger partial charge in [-0.15, -0.1) is 0 Å². The molecular formula is C17H14ClNO2S. The minimum Gasteiger partial charge on any atom is -0.252 e. The van der Waals surface area contributed by atoms with Crippen molar-refractivity contribution in [3.63, 3.8) is 0 Å². The van der Waals surface area contributed by atoms with Crippen LogP contribution in [0.2, 0.25) is 5.02 Å². The quantitative estimate of drug-likeness (QED) is 0.723. The average molecular weight is 332 g/mol. The van der Waals surface area contributed by atoms with Gasteiger partial charge in [-0.1, -0.05) is 41.4 Å². The van der Waals surface area contributed by atoms with Crippen LogP contribution in [0.1, 0.15) is 11.3 Å². The van der Waals surface area contributed by atoms with Gasteiger partial charge in [-0.25, -0.2) is 8.42 Å². The third-order valence-corrected chi connectivity index (χ3v) is 5.33. The first kappa shape index (κ1) is 15.0. The number of aromatic nitrogens is 1. The van der Waals surface area contributed by atoms with Gasteiger partial charge in [-0.2, -0.15) is 0 Å². The van der Waals surface area contributed by atoms with E-state index in [0.29, 0.717) is 21.1 Å². The second-order valence-corrected chi connectivity index (χ2v) is 7.64. The third-order valence-electron chi connectivity index (χ3n) is 3.43. The number of hydrogen-bond acceptors (Lipinski definition) is 3. The predicted molar refractivity (Wildman–Crippen MR) is 88.8 cm³/mol. The average Bonchev–Trinajstić information content (AvgIpc) is 2.47. The Morgan fingerprint density at radius 3 is 2.41 bits per heavy atom. The lowest BCUT2D eigenvalue weighted by Crippen LogP contribution is -2.06. The topological polar surface area (TPSA) is 47.0 Å². The molecule has 5 heteroatoms. The van der Waals surface area contributed by atoms with Crippen LogP contribution in [0.5, 0.6) is 0 Å². The zero-order valence-electron chi connectivity index (χ0n) is 12.0. The standard InChI is InChI=1S/C17H14ClNO2S/c1-12-2-8-16(9-3-12)22(20,21)11-15-7-5-13-4-6-14(18)10-17(13)19-15/h2-10H,11H2,1H3. The van der Waals surface area contributed by atoms with Crippen LogP contribution < -0.4 is 0 Å². The van der Waals surface area contributed by atoms with E-state index >= 15 is 0 Å². The molecule has 112 valence electrons. The molecule has 22 heavy (non-hydrogen) atoms. The van der Waals surface area contributed by atoms with E-state index in [-0.39, 0.29) is 5.75 Å². The summed E-state index contributed by atoms with van der Waals surface area (Å²) in [5.41, 5.74) is 2.23. The van der Waals surface area contributed by atoms with Crippen molar-refractivity contribution in [1.82, 2.24) is 4.98 Å². The fourth-order valence-corrected chi connectivity index (χ4v) is 3.67. The number of halogens is 1. The number of benzene rings is 2. The summed E-state index contributed by atoms with van der Waals surface area (Å²) in [5.74, 6) is -0.126. The summed E-state index contributed by atoms with van der Waals surface area (Å²) in [6.45, 7) is 1.92. The SMILES string of the molecule is Cc1ccc(S(=O)(=O)Cc2ccc3ccc(Cl)cc3n2)cc1. The minimum atomic E-state index is -3.40. The first-order chi connectivity index (χ1) is 10.4. The first-order valence-electron chi connectivity index (χ1n) is 6.79. The zero-order chi connectivity index (χ0) is 15.7. The third kappa shape index (κ3) is 3.13. The fraction of sp³-hybridized carbons (Fsp3) is 0.118. The van der Waals surface area contributed by atoms with Gasteiger partial charge in [0, 0.05) is 10.4 Å². The van der Waals surface area contributed by atoms with Crippen LogP contribution in [0, 0.1) is 6.92 Å². The molecule has 0 aliphatic carbocycles. The molecule has 1 aromatic heterocycles. The van der Waals surface area contributed by atoms with E-state index in [1.165, 1.54) is 0 Å². The predicted octanol–water partition coefficient (Wildman–Crippen LogP) is 4.17. The van der Waals surface area contributed by atoms with Crippen molar-refractivity contribution in [2.75, 3.05) is 0 Å². The largest absolute Gasteiger partial charge is 0.252 e. The summed E-state index contributed by atoms with van der Waals surface area (Å²) in [6.07, 6.45) is 0. The number of nitrogens with zero attached hydrogens (tertiary/aromatic N) is 1. The Balaban J connectivity index is 1.96. The fourth-order valence-electron chi connectivity index (χ4n) is 2.24. The molecule has 0 N–H and O–H groups in total. The number of hydrogen-bond donors (Lipinski definition) is 0. The van der Waals surface area contributed by atoms with Crippen molar-refractivity contribution >= 4 is 32.3 Å². The van der Waals surface area contributed by atoms with Gasteiger partial charge in [0.05, 0.1) is 21.9 Å². The molecule has 0 saturated heterocycles. The molecule has 3 nitrogen and oxygen atoms in total. The van der Waals surface area contributed by atoms with Crippen molar-refractivity contribution < 1.29 is 8.42 Å². The highest BCUT2D eigenvalue weighted by molar-refractivity contribution is 7.90. The summed E-state index contributed by atoms with van der Waals surface area (Å²) in [5, 5.41) is 1.51. The highest BCUT2D eigenvalue weighted by Crippen LogP contribution is 2.21. The molecule has 0 aliphatic rings. The Morgan fingerprint density at radius 2 is 1.68 bits per heavy atom. The van der Waals surface area contributed by atoms with Crippen molar-refractivity contribution in [3.8, 4) is 0 Å². The molecule has 0 fully saturated rings. The van der Waals surface area contributed by atoms with Gasteiger partial charge >= 0.3 is 0 Å². The van der Waals surface area contributed by atoms with Gasteiger partial charge in [0.25, 0.3) is 0 Å². The lowest BCUT2D eigenvalue weighted by atomic mass is 10.2. The van der Waals surface area contributed by atoms with Gasteiger partial charge < -0.3 is 0 Å². The van der Waals surface area contributed by atoms with Crippen molar-refractivity contribution in [2.45, 2.75) is 17.6 Å². The highest BCUT2D eigenvalue weighted by atomic mass is 35.5. The molecule has 0 unspecified atom stereocenters. The van der Waals surface area contributed by atoms with Gasteiger partial charge in [-0.05, 0) is 37.3 Å². The summed E-state index contributed by atoms with van der Waals surface area (Å²) in [4.78, 5) is 4.71. The van der Waals surface area contributed by atoms with E-state index in [4.69, 9.17) is 11.6 Å². The van der Waals surface area contributed by atoms with Crippen LogP contribution >= 0.6 is 11.6 Å². The van der Waals surface area contributed by atoms with Gasteiger partial charge in [-0.3, -0.25) is 4.98 Å². The Labute approximate surface area is 134 Å². The molecule has 0 saturated carbocycles. The Bertz CT molecular complexity index is 935. The highest BCUT2D eigenvalue weighted by Gasteiger charge is 2.16. The van der Waals surface area contributed by atoms with Crippen molar-refractivity contribution in [3.05, 3.63) is 70.9 Å². The van der Waals surface area contributed by atoms with Crippen LogP contribution in [0.15, 0.2) is 59.5 Å². The maximum Gasteiger partial charge on any atom is 0.184 e. The summed E-state index contributed by atoms with van der Waals surface area (Å²) < 4.78 is 24.9. The summed E-state index contributed by atoms with van der Waals surface area (Å²) in [6, 6.07) is 15.8. The van der Waals surface area contributed by atoms with Crippen molar-refractivity contribution in [1.29, 1.82) is 0 Å². The van der Waals surface area contributed by atoms with E-state index in [0.717, 1.165) is 10.9 Å². The minimum absolute atomic E-state index is 0.126. The zero-order valence-corrected chi connectivity index (χ0v) is 13.5. The molecule has 2 aromatic carbocycles. The normalized spacial score (nSPS) is 11.7. The summed E-state index contributed by atoms with van der Waals surface area (Å²) in [7, 11) is -3.40. The first-order valence-corrected chi connectivity index (χ1v) is 8.82. The molecule has 0 bridgehead atoms. The van der Waals surface area contributed by atoms with E-state index in [1.807, 2.05) is 19.1 Å². The second-order valence-electron chi connectivity index (χ2n) is 5.21. The number of rotatable bonds is 3. The van der Waals surface area contributed by atoms with Crippen LogP contribution in [0.3, 0.4) is 0 Å². The van der Waals surface area contributed by atoms with Crippen LogP contribution in [-0.2, 0) is 15.6 Å². The van der Waals surface area contributed by atoms with Gasteiger partial charge in [0.1, 0.15) is 0 Å². The van der Waals surface area contributed by atoms with Crippen LogP contribution in [0.25, 0.3) is 10.9 Å². The molecule has 0 aliphatic heterocycles. The maximum absolute atomic E-state index is 12.4. The maximum atomic E-state index is 12.4. The molecule has 1 heterocycles. The molecule has 0 spiro atoms. The Morgan fingerprint density at radius 1 is 1.00 bits per heavy atom. The summed E-state index contributed by atoms with van der Waals surface area (Å²) >= 11 is 5.96. The second kappa shape index (κ2) is 5.71. The van der Waals surface area contributed by atoms with Crippen LogP contribution in [0.4, 0.5) is 0 Å². The molecule has 0 radical (unpaired) electrons. The number of sulfone groups is 1. The smallest absolute Gasteiger partial charge is 0.184 e. The van der Waals surface area contributed by atoms with Gasteiger partial charge in [0.2, 0.25) is 0 Å². The number of fused-ring (bicyclic) bond motifs is 1. The monoisotopic (exact) mass is 331 g/mol. The van der Waals surface area contributed by atoms with E-state index in [9.17, 15) is 8.42 Å². The number of aryl methyl sites for hydroxylation is 1. The molecule has 3 rings (SSSR count). The molecular weight excluding hydrogens is 318 g/mol. The van der Waals surface area contributed by atoms with Gasteiger partial charge in [0.15, 0.2) is 9.84 Å². The Kier molecular flexibility index (Phi) is 3.89. The Hall–Kier alpha value is -1.91. The molecule has 0 amide bonds. The lowest BCUT2D eigenvalue weighted by molar-refractivity contribution is 0.594. The molecule has 0 atom stereocenters. The van der Waals surface area contributed by atoms with E-state index in [1.54, 1.807) is 42.5 Å². The lowest BCUT2D eigenvalue weighted by Gasteiger charge is -2.06. The van der Waals surface area contributed by atoms with E-state index < -0.39 is 9.84 Å². The van der Waals surface area contributed by atoms with Crippen molar-refractivity contribution in [2.24, 2.45) is 0 Å². The van der Waals surface area contributed by atoms with Crippen LogP contribution in [-0.4, -0.2) is 13.4 Å². The van der Waals surface area contributed by atoms with E-state index in [2.05, 4.69) is 4.98 Å². The number of pyridine rings is 1.